The molecule has 2 rings (SSSR count). The van der Waals surface area contributed by atoms with E-state index in [2.05, 4.69) is 24.0 Å². The molecule has 1 heteroatoms. The van der Waals surface area contributed by atoms with Crippen LogP contribution in [-0.2, 0) is 6.42 Å². The zero-order valence-corrected chi connectivity index (χ0v) is 9.65. The van der Waals surface area contributed by atoms with E-state index in [1.54, 1.807) is 0 Å². The second-order valence-corrected chi connectivity index (χ2v) is 5.04. The Kier molecular flexibility index (Phi) is 3.76. The summed E-state index contributed by atoms with van der Waals surface area (Å²) < 4.78 is 0. The van der Waals surface area contributed by atoms with E-state index in [4.69, 9.17) is 0 Å². The smallest absolute Gasteiger partial charge is 0.0270 e. The molecule has 0 bridgehead atoms. The van der Waals surface area contributed by atoms with Crippen LogP contribution in [0.25, 0.3) is 0 Å². The molecule has 0 radical (unpaired) electrons. The number of nitrogens with zero attached hydrogens (tertiary/aromatic N) is 1. The normalized spacial score (nSPS) is 27.3. The molecule has 1 heterocycles. The molecule has 2 atom stereocenters. The molecule has 2 unspecified atom stereocenters. The van der Waals surface area contributed by atoms with Gasteiger partial charge in [-0.25, -0.2) is 0 Å². The van der Waals surface area contributed by atoms with Crippen LogP contribution < -0.4 is 0 Å². The van der Waals surface area contributed by atoms with Crippen molar-refractivity contribution in [1.82, 2.24) is 4.98 Å². The van der Waals surface area contributed by atoms with Gasteiger partial charge in [0.25, 0.3) is 0 Å². The van der Waals surface area contributed by atoms with Crippen LogP contribution in [-0.4, -0.2) is 4.98 Å². The SMILES string of the molecule is CC1CCCC(Cc2ccncc2)CC1. The minimum Gasteiger partial charge on any atom is -0.265 e. The highest BCUT2D eigenvalue weighted by atomic mass is 14.6. The van der Waals surface area contributed by atoms with Crippen molar-refractivity contribution < 1.29 is 0 Å². The summed E-state index contributed by atoms with van der Waals surface area (Å²) in [6, 6.07) is 4.32. The van der Waals surface area contributed by atoms with E-state index in [0.717, 1.165) is 11.8 Å². The van der Waals surface area contributed by atoms with Crippen LogP contribution in [0.15, 0.2) is 24.5 Å². The van der Waals surface area contributed by atoms with Crippen LogP contribution in [0.2, 0.25) is 0 Å². The van der Waals surface area contributed by atoms with E-state index < -0.39 is 0 Å². The van der Waals surface area contributed by atoms with Gasteiger partial charge in [0.2, 0.25) is 0 Å². The summed E-state index contributed by atoms with van der Waals surface area (Å²) in [6.07, 6.45) is 12.2. The third-order valence-electron chi connectivity index (χ3n) is 3.65. The summed E-state index contributed by atoms with van der Waals surface area (Å²) in [5.74, 6) is 1.87. The van der Waals surface area contributed by atoms with E-state index in [-0.39, 0.29) is 0 Å². The van der Waals surface area contributed by atoms with Gasteiger partial charge in [-0.1, -0.05) is 32.6 Å². The maximum absolute atomic E-state index is 4.07. The maximum Gasteiger partial charge on any atom is 0.0270 e. The highest BCUT2D eigenvalue weighted by Crippen LogP contribution is 2.28. The van der Waals surface area contributed by atoms with Gasteiger partial charge in [0.05, 0.1) is 0 Å². The molecule has 1 aliphatic rings. The zero-order chi connectivity index (χ0) is 10.5. The van der Waals surface area contributed by atoms with Crippen LogP contribution in [0.3, 0.4) is 0 Å². The van der Waals surface area contributed by atoms with Gasteiger partial charge < -0.3 is 0 Å². The van der Waals surface area contributed by atoms with E-state index in [1.807, 2.05) is 12.4 Å². The van der Waals surface area contributed by atoms with E-state index in [1.165, 1.54) is 44.1 Å². The molecule has 0 amide bonds. The Labute approximate surface area is 92.9 Å². The lowest BCUT2D eigenvalue weighted by atomic mass is 9.92. The molecule has 0 saturated heterocycles. The topological polar surface area (TPSA) is 12.9 Å². The summed E-state index contributed by atoms with van der Waals surface area (Å²) >= 11 is 0. The number of hydrogen-bond donors (Lipinski definition) is 0. The minimum atomic E-state index is 0.914. The zero-order valence-electron chi connectivity index (χ0n) is 9.65. The van der Waals surface area contributed by atoms with Crippen LogP contribution in [0.1, 0.15) is 44.6 Å². The van der Waals surface area contributed by atoms with Crippen LogP contribution in [0.4, 0.5) is 0 Å². The largest absolute Gasteiger partial charge is 0.265 e. The van der Waals surface area contributed by atoms with Gasteiger partial charge >= 0.3 is 0 Å². The molecular formula is C14H21N. The first-order valence-electron chi connectivity index (χ1n) is 6.23. The van der Waals surface area contributed by atoms with Crippen molar-refractivity contribution in [3.8, 4) is 0 Å². The molecule has 1 aromatic heterocycles. The Morgan fingerprint density at radius 3 is 2.73 bits per heavy atom. The van der Waals surface area contributed by atoms with Crippen molar-refractivity contribution in [3.63, 3.8) is 0 Å². The molecule has 15 heavy (non-hydrogen) atoms. The number of rotatable bonds is 2. The van der Waals surface area contributed by atoms with E-state index >= 15 is 0 Å². The van der Waals surface area contributed by atoms with Gasteiger partial charge in [-0.2, -0.15) is 0 Å². The van der Waals surface area contributed by atoms with Crippen LogP contribution in [0.5, 0.6) is 0 Å². The van der Waals surface area contributed by atoms with Gasteiger partial charge in [-0.05, 0) is 42.4 Å². The first-order valence-corrected chi connectivity index (χ1v) is 6.23. The lowest BCUT2D eigenvalue weighted by Gasteiger charge is -2.13. The average molecular weight is 203 g/mol. The number of aromatic nitrogens is 1. The lowest BCUT2D eigenvalue weighted by molar-refractivity contribution is 0.443. The van der Waals surface area contributed by atoms with Gasteiger partial charge in [-0.3, -0.25) is 4.98 Å². The monoisotopic (exact) mass is 203 g/mol. The number of pyridine rings is 1. The molecule has 1 nitrogen and oxygen atoms in total. The van der Waals surface area contributed by atoms with Gasteiger partial charge in [0.1, 0.15) is 0 Å². The molecule has 1 aromatic rings. The first-order chi connectivity index (χ1) is 7.34. The summed E-state index contributed by atoms with van der Waals surface area (Å²) in [4.78, 5) is 4.07. The predicted octanol–water partition coefficient (Wildman–Crippen LogP) is 3.84. The van der Waals surface area contributed by atoms with Crippen molar-refractivity contribution in [3.05, 3.63) is 30.1 Å². The summed E-state index contributed by atoms with van der Waals surface area (Å²) in [5, 5.41) is 0. The first kappa shape index (κ1) is 10.7. The molecule has 82 valence electrons. The second-order valence-electron chi connectivity index (χ2n) is 5.04. The van der Waals surface area contributed by atoms with Crippen molar-refractivity contribution in [2.24, 2.45) is 11.8 Å². The lowest BCUT2D eigenvalue weighted by Crippen LogP contribution is -2.03. The summed E-state index contributed by atoms with van der Waals surface area (Å²) in [6.45, 7) is 2.40. The number of hydrogen-bond acceptors (Lipinski definition) is 1. The van der Waals surface area contributed by atoms with E-state index in [9.17, 15) is 0 Å². The molecular weight excluding hydrogens is 182 g/mol. The molecule has 1 aliphatic carbocycles. The molecule has 0 aromatic carbocycles. The highest BCUT2D eigenvalue weighted by Gasteiger charge is 2.16. The molecule has 1 fully saturated rings. The summed E-state index contributed by atoms with van der Waals surface area (Å²) in [7, 11) is 0. The van der Waals surface area contributed by atoms with Crippen molar-refractivity contribution in [2.45, 2.75) is 45.4 Å². The standard InChI is InChI=1S/C14H21N/c1-12-3-2-4-13(6-5-12)11-14-7-9-15-10-8-14/h7-10,12-13H,2-6,11H2,1H3. The third-order valence-corrected chi connectivity index (χ3v) is 3.65. The van der Waals surface area contributed by atoms with Crippen molar-refractivity contribution in [1.29, 1.82) is 0 Å². The Balaban J connectivity index is 1.89. The fourth-order valence-corrected chi connectivity index (χ4v) is 2.62. The Hall–Kier alpha value is -0.850. The van der Waals surface area contributed by atoms with Crippen molar-refractivity contribution >= 4 is 0 Å². The quantitative estimate of drug-likeness (QED) is 0.665. The predicted molar refractivity (Wildman–Crippen MR) is 63.7 cm³/mol. The molecule has 0 N–H and O–H groups in total. The fourth-order valence-electron chi connectivity index (χ4n) is 2.62. The fraction of sp³-hybridized carbons (Fsp3) is 0.643. The van der Waals surface area contributed by atoms with Crippen molar-refractivity contribution in [2.75, 3.05) is 0 Å². The summed E-state index contributed by atoms with van der Waals surface area (Å²) in [5.41, 5.74) is 1.46. The van der Waals surface area contributed by atoms with Crippen LogP contribution in [0, 0.1) is 11.8 Å². The highest BCUT2D eigenvalue weighted by molar-refractivity contribution is 5.10. The van der Waals surface area contributed by atoms with E-state index in [0.29, 0.717) is 0 Å². The second kappa shape index (κ2) is 5.29. The maximum atomic E-state index is 4.07. The Morgan fingerprint density at radius 1 is 1.13 bits per heavy atom. The molecule has 0 spiro atoms. The minimum absolute atomic E-state index is 0.914. The Bertz CT molecular complexity index is 281. The molecule has 1 saturated carbocycles. The van der Waals surface area contributed by atoms with Gasteiger partial charge in [-0.15, -0.1) is 0 Å². The molecule has 0 aliphatic heterocycles. The average Bonchev–Trinajstić information content (AvgIpc) is 2.46. The Morgan fingerprint density at radius 2 is 1.93 bits per heavy atom. The third kappa shape index (κ3) is 3.33. The van der Waals surface area contributed by atoms with Gasteiger partial charge in [0, 0.05) is 12.4 Å². The van der Waals surface area contributed by atoms with Crippen LogP contribution >= 0.6 is 0 Å². The van der Waals surface area contributed by atoms with Gasteiger partial charge in [0.15, 0.2) is 0 Å².